The van der Waals surface area contributed by atoms with Gasteiger partial charge in [0.2, 0.25) is 15.9 Å². The molecular formula is C23H35N3O3S. The number of likely N-dealkylation sites (tertiary alicyclic amines) is 1. The van der Waals surface area contributed by atoms with Crippen molar-refractivity contribution in [1.82, 2.24) is 14.5 Å². The summed E-state index contributed by atoms with van der Waals surface area (Å²) >= 11 is 0. The lowest BCUT2D eigenvalue weighted by molar-refractivity contribution is -0.125. The van der Waals surface area contributed by atoms with Gasteiger partial charge in [-0.25, -0.2) is 8.42 Å². The third-order valence-electron chi connectivity index (χ3n) is 7.03. The zero-order valence-electron chi connectivity index (χ0n) is 17.8. The van der Waals surface area contributed by atoms with Gasteiger partial charge in [-0.05, 0) is 56.6 Å². The van der Waals surface area contributed by atoms with Crippen LogP contribution in [0, 0.1) is 5.92 Å². The molecule has 1 aromatic rings. The van der Waals surface area contributed by atoms with Crippen molar-refractivity contribution in [2.24, 2.45) is 5.92 Å². The number of carbonyl (C=O) groups excluding carboxylic acids is 1. The highest BCUT2D eigenvalue weighted by Crippen LogP contribution is 2.27. The summed E-state index contributed by atoms with van der Waals surface area (Å²) in [5, 5.41) is 3.17. The molecule has 30 heavy (non-hydrogen) atoms. The summed E-state index contributed by atoms with van der Waals surface area (Å²) in [5.74, 6) is 0.720. The third-order valence-corrected chi connectivity index (χ3v) is 8.95. The molecule has 0 spiro atoms. The first-order chi connectivity index (χ1) is 14.5. The smallest absolute Gasteiger partial charge is 0.243 e. The highest BCUT2D eigenvalue weighted by atomic mass is 32.2. The van der Waals surface area contributed by atoms with Gasteiger partial charge < -0.3 is 10.2 Å². The van der Waals surface area contributed by atoms with E-state index in [4.69, 9.17) is 0 Å². The molecule has 1 aromatic carbocycles. The fourth-order valence-electron chi connectivity index (χ4n) is 5.31. The maximum Gasteiger partial charge on any atom is 0.243 e. The fourth-order valence-corrected chi connectivity index (χ4v) is 6.99. The summed E-state index contributed by atoms with van der Waals surface area (Å²) in [6.45, 7) is 3.66. The lowest BCUT2D eigenvalue weighted by atomic mass is 9.88. The Kier molecular flexibility index (Phi) is 7.11. The topological polar surface area (TPSA) is 69.7 Å². The largest absolute Gasteiger partial charge is 0.352 e. The number of rotatable bonds is 6. The van der Waals surface area contributed by atoms with Crippen LogP contribution in [0.15, 0.2) is 35.2 Å². The number of nitrogens with one attached hydrogen (secondary N) is 1. The minimum Gasteiger partial charge on any atom is -0.352 e. The van der Waals surface area contributed by atoms with E-state index in [2.05, 4.69) is 10.2 Å². The van der Waals surface area contributed by atoms with Gasteiger partial charge in [-0.15, -0.1) is 0 Å². The molecule has 7 heteroatoms. The summed E-state index contributed by atoms with van der Waals surface area (Å²) in [5.41, 5.74) is 0. The Morgan fingerprint density at radius 3 is 2.30 bits per heavy atom. The number of carbonyl (C=O) groups is 1. The Hall–Kier alpha value is -1.44. The van der Waals surface area contributed by atoms with Gasteiger partial charge in [0.15, 0.2) is 0 Å². The van der Waals surface area contributed by atoms with E-state index in [-0.39, 0.29) is 16.8 Å². The van der Waals surface area contributed by atoms with E-state index >= 15 is 0 Å². The van der Waals surface area contributed by atoms with Gasteiger partial charge in [0.05, 0.1) is 4.90 Å². The van der Waals surface area contributed by atoms with Crippen LogP contribution in [0.5, 0.6) is 0 Å². The third kappa shape index (κ3) is 5.06. The Morgan fingerprint density at radius 2 is 1.60 bits per heavy atom. The Balaban J connectivity index is 1.29. The molecule has 1 amide bonds. The lowest BCUT2D eigenvalue weighted by Crippen LogP contribution is -2.51. The number of sulfonamides is 1. The van der Waals surface area contributed by atoms with Crippen LogP contribution < -0.4 is 5.32 Å². The molecule has 3 fully saturated rings. The van der Waals surface area contributed by atoms with E-state index in [0.29, 0.717) is 13.0 Å². The van der Waals surface area contributed by atoms with Crippen LogP contribution in [0.1, 0.15) is 57.8 Å². The lowest BCUT2D eigenvalue weighted by Gasteiger charge is -2.36. The van der Waals surface area contributed by atoms with Crippen molar-refractivity contribution >= 4 is 15.9 Å². The van der Waals surface area contributed by atoms with Gasteiger partial charge in [-0.2, -0.15) is 4.31 Å². The summed E-state index contributed by atoms with van der Waals surface area (Å²) in [4.78, 5) is 15.8. The second-order valence-corrected chi connectivity index (χ2v) is 11.1. The molecule has 1 unspecified atom stereocenters. The zero-order chi connectivity index (χ0) is 21.0. The van der Waals surface area contributed by atoms with E-state index < -0.39 is 16.1 Å². The normalized spacial score (nSPS) is 25.4. The molecule has 1 N–H and O–H groups in total. The first kappa shape index (κ1) is 21.8. The second kappa shape index (κ2) is 9.79. The fraction of sp³-hybridized carbons (Fsp3) is 0.696. The molecule has 4 rings (SSSR count). The van der Waals surface area contributed by atoms with Gasteiger partial charge in [-0.1, -0.05) is 37.5 Å². The van der Waals surface area contributed by atoms with Crippen LogP contribution in [0.3, 0.4) is 0 Å². The van der Waals surface area contributed by atoms with E-state index in [1.165, 1.54) is 43.0 Å². The molecule has 2 heterocycles. The quantitative estimate of drug-likeness (QED) is 0.749. The van der Waals surface area contributed by atoms with Crippen LogP contribution in [0.4, 0.5) is 0 Å². The number of nitrogens with zero attached hydrogens (tertiary/aromatic N) is 2. The minimum absolute atomic E-state index is 0.127. The van der Waals surface area contributed by atoms with Crippen molar-refractivity contribution < 1.29 is 13.2 Å². The Morgan fingerprint density at radius 1 is 0.900 bits per heavy atom. The van der Waals surface area contributed by atoms with Crippen LogP contribution in [-0.2, 0) is 14.8 Å². The zero-order valence-corrected chi connectivity index (χ0v) is 18.7. The molecule has 2 saturated heterocycles. The second-order valence-electron chi connectivity index (χ2n) is 9.17. The average Bonchev–Trinajstić information content (AvgIpc) is 3.28. The van der Waals surface area contributed by atoms with Gasteiger partial charge in [0.25, 0.3) is 0 Å². The number of hydrogen-bond acceptors (Lipinski definition) is 4. The van der Waals surface area contributed by atoms with Crippen LogP contribution >= 0.6 is 0 Å². The number of benzene rings is 1. The van der Waals surface area contributed by atoms with Crippen LogP contribution in [-0.4, -0.2) is 61.8 Å². The molecule has 166 valence electrons. The maximum atomic E-state index is 13.0. The SMILES string of the molecule is O=C(NC1CCN(CC2CCCCC2)CC1)C1CCCN1S(=O)(=O)c1ccccc1. The predicted molar refractivity (Wildman–Crippen MR) is 118 cm³/mol. The Bertz CT molecular complexity index is 800. The molecular weight excluding hydrogens is 398 g/mol. The summed E-state index contributed by atoms with van der Waals surface area (Å²) in [7, 11) is -3.63. The highest BCUT2D eigenvalue weighted by molar-refractivity contribution is 7.89. The first-order valence-corrected chi connectivity index (χ1v) is 13.1. The van der Waals surface area contributed by atoms with Crippen molar-refractivity contribution in [1.29, 1.82) is 0 Å². The molecule has 0 bridgehead atoms. The van der Waals surface area contributed by atoms with E-state index in [9.17, 15) is 13.2 Å². The molecule has 1 aliphatic carbocycles. The van der Waals surface area contributed by atoms with Crippen molar-refractivity contribution in [2.45, 2.75) is 74.8 Å². The molecule has 0 aromatic heterocycles. The monoisotopic (exact) mass is 433 g/mol. The molecule has 3 aliphatic rings. The van der Waals surface area contributed by atoms with Gasteiger partial charge >= 0.3 is 0 Å². The maximum absolute atomic E-state index is 13.0. The number of amides is 1. The van der Waals surface area contributed by atoms with E-state index in [1.54, 1.807) is 30.3 Å². The van der Waals surface area contributed by atoms with Gasteiger partial charge in [0.1, 0.15) is 6.04 Å². The van der Waals surface area contributed by atoms with Crippen molar-refractivity contribution in [3.8, 4) is 0 Å². The molecule has 1 atom stereocenters. The predicted octanol–water partition coefficient (Wildman–Crippen LogP) is 3.00. The van der Waals surface area contributed by atoms with Crippen LogP contribution in [0.2, 0.25) is 0 Å². The molecule has 1 saturated carbocycles. The van der Waals surface area contributed by atoms with Crippen molar-refractivity contribution in [3.05, 3.63) is 30.3 Å². The van der Waals surface area contributed by atoms with Crippen molar-refractivity contribution in [2.75, 3.05) is 26.2 Å². The van der Waals surface area contributed by atoms with Crippen LogP contribution in [0.25, 0.3) is 0 Å². The summed E-state index contributed by atoms with van der Waals surface area (Å²) < 4.78 is 27.4. The molecule has 0 radical (unpaired) electrons. The number of hydrogen-bond donors (Lipinski definition) is 1. The summed E-state index contributed by atoms with van der Waals surface area (Å²) in [6, 6.07) is 8.01. The number of piperidine rings is 1. The summed E-state index contributed by atoms with van der Waals surface area (Å²) in [6.07, 6.45) is 10.1. The first-order valence-electron chi connectivity index (χ1n) is 11.6. The average molecular weight is 434 g/mol. The van der Waals surface area contributed by atoms with E-state index in [0.717, 1.165) is 38.3 Å². The van der Waals surface area contributed by atoms with Gasteiger partial charge in [0, 0.05) is 32.2 Å². The molecule has 2 aliphatic heterocycles. The van der Waals surface area contributed by atoms with Gasteiger partial charge in [-0.3, -0.25) is 4.79 Å². The van der Waals surface area contributed by atoms with Crippen molar-refractivity contribution in [3.63, 3.8) is 0 Å². The standard InChI is InChI=1S/C23H35N3O3S/c27-23(22-12-7-15-26(22)30(28,29)21-10-5-2-6-11-21)24-20-13-16-25(17-14-20)18-19-8-3-1-4-9-19/h2,5-6,10-11,19-20,22H,1,3-4,7-9,12-18H2,(H,24,27). The van der Waals surface area contributed by atoms with E-state index in [1.807, 2.05) is 0 Å². The molecule has 6 nitrogen and oxygen atoms in total. The minimum atomic E-state index is -3.63. The Labute approximate surface area is 181 Å². The highest BCUT2D eigenvalue weighted by Gasteiger charge is 2.40.